The van der Waals surface area contributed by atoms with Crippen LogP contribution in [0, 0.1) is 0 Å². The third kappa shape index (κ3) is 2.36. The van der Waals surface area contributed by atoms with E-state index in [0.29, 0.717) is 6.42 Å². The Kier molecular flexibility index (Phi) is 3.65. The lowest BCUT2D eigenvalue weighted by Crippen LogP contribution is -2.68. The van der Waals surface area contributed by atoms with Gasteiger partial charge in [-0.25, -0.2) is 0 Å². The number of para-hydroxylation sites is 1. The van der Waals surface area contributed by atoms with Crippen LogP contribution in [0.15, 0.2) is 24.3 Å². The van der Waals surface area contributed by atoms with Gasteiger partial charge in [0.25, 0.3) is 0 Å². The predicted molar refractivity (Wildman–Crippen MR) is 104 cm³/mol. The summed E-state index contributed by atoms with van der Waals surface area (Å²) >= 11 is 0. The molecule has 1 N–H and O–H groups in total. The number of carbonyl (C=O) groups excluding carboxylic acids is 2. The van der Waals surface area contributed by atoms with Crippen molar-refractivity contribution in [2.24, 2.45) is 0 Å². The van der Waals surface area contributed by atoms with Gasteiger partial charge < -0.3 is 14.8 Å². The SMILES string of the molecule is CC1(C)c2[nH]c3ccccc3c2C[C@@H]2C(=O)N(C3CCCCC3)CC(=O)N21. The molecule has 1 aromatic heterocycles. The molecule has 142 valence electrons. The topological polar surface area (TPSA) is 56.4 Å². The van der Waals surface area contributed by atoms with Crippen LogP contribution in [0.2, 0.25) is 0 Å². The monoisotopic (exact) mass is 365 g/mol. The van der Waals surface area contributed by atoms with E-state index in [1.54, 1.807) is 0 Å². The molecular formula is C22H27N3O2. The summed E-state index contributed by atoms with van der Waals surface area (Å²) in [5.41, 5.74) is 2.85. The molecule has 3 heterocycles. The highest BCUT2D eigenvalue weighted by Gasteiger charge is 2.52. The molecule has 2 aliphatic heterocycles. The van der Waals surface area contributed by atoms with E-state index in [1.807, 2.05) is 21.9 Å². The third-order valence-corrected chi connectivity index (χ3v) is 6.89. The number of rotatable bonds is 1. The van der Waals surface area contributed by atoms with E-state index < -0.39 is 5.54 Å². The van der Waals surface area contributed by atoms with Crippen LogP contribution in [-0.2, 0) is 21.5 Å². The lowest BCUT2D eigenvalue weighted by atomic mass is 9.81. The fourth-order valence-corrected chi connectivity index (χ4v) is 5.61. The normalized spacial score (nSPS) is 25.6. The maximum atomic E-state index is 13.5. The number of hydrogen-bond acceptors (Lipinski definition) is 2. The smallest absolute Gasteiger partial charge is 0.246 e. The van der Waals surface area contributed by atoms with Crippen molar-refractivity contribution >= 4 is 22.7 Å². The Morgan fingerprint density at radius 3 is 2.59 bits per heavy atom. The van der Waals surface area contributed by atoms with Crippen LogP contribution in [-0.4, -0.2) is 45.2 Å². The summed E-state index contributed by atoms with van der Waals surface area (Å²) in [6, 6.07) is 8.11. The molecule has 3 aliphatic rings. The molecule has 2 amide bonds. The van der Waals surface area contributed by atoms with Gasteiger partial charge in [0.05, 0.1) is 5.54 Å². The third-order valence-electron chi connectivity index (χ3n) is 6.89. The van der Waals surface area contributed by atoms with Crippen LogP contribution in [0.5, 0.6) is 0 Å². The largest absolute Gasteiger partial charge is 0.356 e. The molecule has 2 fully saturated rings. The van der Waals surface area contributed by atoms with Crippen molar-refractivity contribution in [3.8, 4) is 0 Å². The molecule has 0 spiro atoms. The van der Waals surface area contributed by atoms with Crippen LogP contribution in [0.1, 0.15) is 57.2 Å². The molecule has 1 atom stereocenters. The van der Waals surface area contributed by atoms with Gasteiger partial charge in [-0.15, -0.1) is 0 Å². The number of benzene rings is 1. The molecule has 0 radical (unpaired) electrons. The van der Waals surface area contributed by atoms with Crippen LogP contribution in [0.25, 0.3) is 10.9 Å². The van der Waals surface area contributed by atoms with Gasteiger partial charge in [0.15, 0.2) is 0 Å². The number of nitrogens with one attached hydrogen (secondary N) is 1. The molecule has 0 unspecified atom stereocenters. The molecule has 1 aliphatic carbocycles. The number of nitrogens with zero attached hydrogens (tertiary/aromatic N) is 2. The van der Waals surface area contributed by atoms with Gasteiger partial charge in [-0.2, -0.15) is 0 Å². The summed E-state index contributed by atoms with van der Waals surface area (Å²) < 4.78 is 0. The van der Waals surface area contributed by atoms with Crippen molar-refractivity contribution in [2.75, 3.05) is 6.54 Å². The average molecular weight is 365 g/mol. The van der Waals surface area contributed by atoms with E-state index in [4.69, 9.17) is 0 Å². The Morgan fingerprint density at radius 2 is 1.81 bits per heavy atom. The maximum absolute atomic E-state index is 13.5. The Bertz CT molecular complexity index is 923. The second-order valence-electron chi connectivity index (χ2n) is 8.82. The van der Waals surface area contributed by atoms with Gasteiger partial charge in [-0.1, -0.05) is 37.5 Å². The molecular weight excluding hydrogens is 338 g/mol. The van der Waals surface area contributed by atoms with Crippen molar-refractivity contribution in [1.29, 1.82) is 0 Å². The van der Waals surface area contributed by atoms with E-state index in [2.05, 4.69) is 31.0 Å². The Hall–Kier alpha value is -2.30. The summed E-state index contributed by atoms with van der Waals surface area (Å²) in [7, 11) is 0. The number of piperazine rings is 1. The summed E-state index contributed by atoms with van der Waals surface area (Å²) in [6.07, 6.45) is 6.25. The lowest BCUT2D eigenvalue weighted by Gasteiger charge is -2.52. The number of amides is 2. The minimum absolute atomic E-state index is 0.0829. The number of carbonyl (C=O) groups is 2. The van der Waals surface area contributed by atoms with Gasteiger partial charge in [0.1, 0.15) is 12.6 Å². The van der Waals surface area contributed by atoms with Crippen LogP contribution < -0.4 is 0 Å². The molecule has 5 rings (SSSR count). The van der Waals surface area contributed by atoms with E-state index in [9.17, 15) is 9.59 Å². The highest BCUT2D eigenvalue weighted by atomic mass is 16.2. The minimum atomic E-state index is -0.511. The van der Waals surface area contributed by atoms with Crippen LogP contribution in [0.3, 0.4) is 0 Å². The molecule has 1 saturated heterocycles. The first-order valence-corrected chi connectivity index (χ1v) is 10.2. The fourth-order valence-electron chi connectivity index (χ4n) is 5.61. The molecule has 0 bridgehead atoms. The standard InChI is InChI=1S/C22H27N3O2/c1-22(2)20-16(15-10-6-7-11-17(15)23-20)12-18-21(27)24(13-19(26)25(18)22)14-8-4-3-5-9-14/h6-7,10-11,14,18,23H,3-5,8-9,12-13H2,1-2H3/t18-/m1/s1. The minimum Gasteiger partial charge on any atom is -0.356 e. The highest BCUT2D eigenvalue weighted by molar-refractivity contribution is 5.97. The lowest BCUT2D eigenvalue weighted by molar-refractivity contribution is -0.166. The fraction of sp³-hybridized carbons (Fsp3) is 0.545. The van der Waals surface area contributed by atoms with Gasteiger partial charge in [0, 0.05) is 29.1 Å². The zero-order chi connectivity index (χ0) is 18.8. The highest BCUT2D eigenvalue weighted by Crippen LogP contribution is 2.43. The molecule has 5 nitrogen and oxygen atoms in total. The van der Waals surface area contributed by atoms with Crippen molar-refractivity contribution < 1.29 is 9.59 Å². The Balaban J connectivity index is 1.58. The van der Waals surface area contributed by atoms with Crippen LogP contribution in [0.4, 0.5) is 0 Å². The van der Waals surface area contributed by atoms with Gasteiger partial charge in [-0.05, 0) is 38.3 Å². The zero-order valence-electron chi connectivity index (χ0n) is 16.1. The van der Waals surface area contributed by atoms with Gasteiger partial charge in [-0.3, -0.25) is 9.59 Å². The van der Waals surface area contributed by atoms with Crippen molar-refractivity contribution in [2.45, 2.75) is 70.0 Å². The first-order valence-electron chi connectivity index (χ1n) is 10.2. The summed E-state index contributed by atoms with van der Waals surface area (Å²) in [5, 5.41) is 1.18. The molecule has 1 saturated carbocycles. The van der Waals surface area contributed by atoms with E-state index in [-0.39, 0.29) is 30.4 Å². The number of H-pyrrole nitrogens is 1. The van der Waals surface area contributed by atoms with E-state index in [1.165, 1.54) is 17.4 Å². The van der Waals surface area contributed by atoms with E-state index in [0.717, 1.165) is 36.9 Å². The first-order chi connectivity index (χ1) is 13.0. The molecule has 2 aromatic rings. The maximum Gasteiger partial charge on any atom is 0.246 e. The zero-order valence-corrected chi connectivity index (χ0v) is 16.1. The quantitative estimate of drug-likeness (QED) is 0.843. The molecule has 27 heavy (non-hydrogen) atoms. The van der Waals surface area contributed by atoms with Crippen molar-refractivity contribution in [3.63, 3.8) is 0 Å². The van der Waals surface area contributed by atoms with Crippen molar-refractivity contribution in [1.82, 2.24) is 14.8 Å². The Labute approximate surface area is 159 Å². The van der Waals surface area contributed by atoms with Gasteiger partial charge in [0.2, 0.25) is 11.8 Å². The second kappa shape index (κ2) is 5.85. The second-order valence-corrected chi connectivity index (χ2v) is 8.82. The summed E-state index contributed by atoms with van der Waals surface area (Å²) in [4.78, 5) is 34.0. The number of fused-ring (bicyclic) bond motifs is 4. The first kappa shape index (κ1) is 16.8. The van der Waals surface area contributed by atoms with Gasteiger partial charge >= 0.3 is 0 Å². The van der Waals surface area contributed by atoms with Crippen molar-refractivity contribution in [3.05, 3.63) is 35.5 Å². The average Bonchev–Trinajstić information content (AvgIpc) is 3.05. The molecule has 1 aromatic carbocycles. The van der Waals surface area contributed by atoms with E-state index >= 15 is 0 Å². The predicted octanol–water partition coefficient (Wildman–Crippen LogP) is 3.33. The summed E-state index contributed by atoms with van der Waals surface area (Å²) in [5.74, 6) is 0.227. The molecule has 5 heteroatoms. The number of aromatic nitrogens is 1. The number of hydrogen-bond donors (Lipinski definition) is 1. The summed E-state index contributed by atoms with van der Waals surface area (Å²) in [6.45, 7) is 4.36. The van der Waals surface area contributed by atoms with Crippen LogP contribution >= 0.6 is 0 Å². The Morgan fingerprint density at radius 1 is 1.07 bits per heavy atom. The number of aromatic amines is 1.